The number of hydrogen-bond acceptors (Lipinski definition) is 2. The van der Waals surface area contributed by atoms with Crippen molar-refractivity contribution in [1.29, 1.82) is 0 Å². The number of benzene rings is 1. The summed E-state index contributed by atoms with van der Waals surface area (Å²) < 4.78 is 0. The molecule has 1 aromatic carbocycles. The molecule has 0 heterocycles. The maximum atomic E-state index is 10.6. The fraction of sp³-hybridized carbons (Fsp3) is 0.250. The largest absolute Gasteiger partial charge is 0.398 e. The van der Waals surface area contributed by atoms with E-state index in [1.54, 1.807) is 12.1 Å². The van der Waals surface area contributed by atoms with E-state index in [4.69, 9.17) is 17.3 Å². The molecule has 0 aliphatic carbocycles. The van der Waals surface area contributed by atoms with Crippen LogP contribution in [0.3, 0.4) is 0 Å². The van der Waals surface area contributed by atoms with E-state index in [1.807, 2.05) is 18.2 Å². The first kappa shape index (κ1) is 12.6. The van der Waals surface area contributed by atoms with Crippen LogP contribution in [0.1, 0.15) is 18.9 Å². The number of amides is 1. The molecule has 0 aliphatic heterocycles. The predicted molar refractivity (Wildman–Crippen MR) is 68.2 cm³/mol. The van der Waals surface area contributed by atoms with Crippen molar-refractivity contribution in [1.82, 2.24) is 5.32 Å². The van der Waals surface area contributed by atoms with Crippen molar-refractivity contribution >= 4 is 29.3 Å². The summed E-state index contributed by atoms with van der Waals surface area (Å²) in [7, 11) is 0. The Morgan fingerprint density at radius 3 is 2.94 bits per heavy atom. The Bertz CT molecular complexity index is 382. The summed E-state index contributed by atoms with van der Waals surface area (Å²) in [5.74, 6) is -0.0225. The van der Waals surface area contributed by atoms with Gasteiger partial charge in [0.2, 0.25) is 5.91 Å². The van der Waals surface area contributed by atoms with Gasteiger partial charge in [-0.25, -0.2) is 0 Å². The minimum atomic E-state index is -0.0225. The van der Waals surface area contributed by atoms with Crippen molar-refractivity contribution < 1.29 is 4.79 Å². The molecule has 16 heavy (non-hydrogen) atoms. The lowest BCUT2D eigenvalue weighted by molar-refractivity contribution is -0.118. The molecular formula is C12H15ClN2O. The molecule has 0 saturated carbocycles. The zero-order valence-corrected chi connectivity index (χ0v) is 9.92. The van der Waals surface area contributed by atoms with E-state index < -0.39 is 0 Å². The van der Waals surface area contributed by atoms with Gasteiger partial charge in [0.25, 0.3) is 0 Å². The zero-order valence-electron chi connectivity index (χ0n) is 9.16. The lowest BCUT2D eigenvalue weighted by Crippen LogP contribution is -2.20. The third kappa shape index (κ3) is 3.95. The number of nitrogens with two attached hydrogens (primary N) is 1. The molecule has 1 rings (SSSR count). The Morgan fingerprint density at radius 1 is 1.56 bits per heavy atom. The first-order valence-corrected chi connectivity index (χ1v) is 5.44. The first-order chi connectivity index (χ1) is 7.61. The summed E-state index contributed by atoms with van der Waals surface area (Å²) in [5.41, 5.74) is 7.26. The molecule has 0 fully saturated rings. The maximum absolute atomic E-state index is 10.6. The topological polar surface area (TPSA) is 55.1 Å². The number of hydrogen-bond donors (Lipinski definition) is 2. The fourth-order valence-electron chi connectivity index (χ4n) is 1.26. The van der Waals surface area contributed by atoms with Gasteiger partial charge in [-0.05, 0) is 18.6 Å². The van der Waals surface area contributed by atoms with Crippen LogP contribution in [-0.2, 0) is 4.79 Å². The van der Waals surface area contributed by atoms with E-state index in [-0.39, 0.29) is 5.91 Å². The summed E-state index contributed by atoms with van der Waals surface area (Å²) in [6.45, 7) is 2.12. The molecular weight excluding hydrogens is 224 g/mol. The molecule has 1 aromatic rings. The number of anilines is 1. The van der Waals surface area contributed by atoms with Gasteiger partial charge in [-0.1, -0.05) is 29.8 Å². The third-order valence-corrected chi connectivity index (χ3v) is 2.39. The van der Waals surface area contributed by atoms with Crippen LogP contribution in [-0.4, -0.2) is 12.5 Å². The Kier molecular flexibility index (Phi) is 4.86. The Labute approximate surface area is 100 Å². The van der Waals surface area contributed by atoms with Gasteiger partial charge in [0.05, 0.1) is 0 Å². The normalized spacial score (nSPS) is 10.6. The van der Waals surface area contributed by atoms with E-state index in [9.17, 15) is 4.79 Å². The van der Waals surface area contributed by atoms with Crippen molar-refractivity contribution in [3.63, 3.8) is 0 Å². The summed E-state index contributed by atoms with van der Waals surface area (Å²) in [6.07, 6.45) is 4.57. The van der Waals surface area contributed by atoms with Crippen LogP contribution in [0.25, 0.3) is 6.08 Å². The lowest BCUT2D eigenvalue weighted by atomic mass is 10.1. The molecule has 0 saturated heterocycles. The molecule has 0 aromatic heterocycles. The van der Waals surface area contributed by atoms with Gasteiger partial charge in [-0.2, -0.15) is 0 Å². The summed E-state index contributed by atoms with van der Waals surface area (Å²) in [6, 6.07) is 5.41. The van der Waals surface area contributed by atoms with Crippen molar-refractivity contribution in [2.75, 3.05) is 12.3 Å². The lowest BCUT2D eigenvalue weighted by Gasteiger charge is -2.02. The Balaban J connectivity index is 2.53. The molecule has 3 N–H and O–H groups in total. The molecule has 0 radical (unpaired) electrons. The molecule has 0 spiro atoms. The summed E-state index contributed by atoms with van der Waals surface area (Å²) >= 11 is 5.99. The van der Waals surface area contributed by atoms with Crippen molar-refractivity contribution in [2.24, 2.45) is 0 Å². The second kappa shape index (κ2) is 6.18. The van der Waals surface area contributed by atoms with Crippen LogP contribution in [0.5, 0.6) is 0 Å². The van der Waals surface area contributed by atoms with Gasteiger partial charge < -0.3 is 11.1 Å². The zero-order chi connectivity index (χ0) is 12.0. The molecule has 4 heteroatoms. The summed E-state index contributed by atoms with van der Waals surface area (Å²) in [4.78, 5) is 10.6. The summed E-state index contributed by atoms with van der Waals surface area (Å²) in [5, 5.41) is 3.34. The SMILES string of the molecule is CC(=O)NCCC=Cc1c(N)cccc1Cl. The number of halogens is 1. The fourth-order valence-corrected chi connectivity index (χ4v) is 1.51. The highest BCUT2D eigenvalue weighted by Gasteiger charge is 1.99. The van der Waals surface area contributed by atoms with Crippen molar-refractivity contribution in [3.05, 3.63) is 34.9 Å². The van der Waals surface area contributed by atoms with Crippen LogP contribution in [0.15, 0.2) is 24.3 Å². The standard InChI is InChI=1S/C12H15ClN2O/c1-9(16)15-8-3-2-5-10-11(13)6-4-7-12(10)14/h2,4-7H,3,8,14H2,1H3,(H,15,16). The van der Waals surface area contributed by atoms with Gasteiger partial charge in [-0.15, -0.1) is 0 Å². The second-order valence-corrected chi connectivity index (χ2v) is 3.82. The number of carbonyl (C=O) groups excluding carboxylic acids is 1. The van der Waals surface area contributed by atoms with Crippen molar-refractivity contribution in [3.8, 4) is 0 Å². The number of nitrogen functional groups attached to an aromatic ring is 1. The average Bonchev–Trinajstić information content (AvgIpc) is 2.21. The molecule has 0 bridgehead atoms. The van der Waals surface area contributed by atoms with E-state index in [0.717, 1.165) is 12.0 Å². The van der Waals surface area contributed by atoms with Crippen LogP contribution in [0.4, 0.5) is 5.69 Å². The minimum absolute atomic E-state index is 0.0225. The van der Waals surface area contributed by atoms with E-state index in [0.29, 0.717) is 17.3 Å². The Hall–Kier alpha value is -1.48. The van der Waals surface area contributed by atoms with Crippen LogP contribution >= 0.6 is 11.6 Å². The monoisotopic (exact) mass is 238 g/mol. The van der Waals surface area contributed by atoms with Gasteiger partial charge in [0.1, 0.15) is 0 Å². The highest BCUT2D eigenvalue weighted by atomic mass is 35.5. The average molecular weight is 239 g/mol. The third-order valence-electron chi connectivity index (χ3n) is 2.06. The van der Waals surface area contributed by atoms with E-state index in [1.165, 1.54) is 6.92 Å². The van der Waals surface area contributed by atoms with E-state index >= 15 is 0 Å². The van der Waals surface area contributed by atoms with Crippen LogP contribution < -0.4 is 11.1 Å². The predicted octanol–water partition coefficient (Wildman–Crippen LogP) is 2.46. The molecule has 3 nitrogen and oxygen atoms in total. The molecule has 0 atom stereocenters. The molecule has 0 unspecified atom stereocenters. The molecule has 0 aliphatic rings. The second-order valence-electron chi connectivity index (χ2n) is 3.42. The molecule has 86 valence electrons. The van der Waals surface area contributed by atoms with Gasteiger partial charge in [0, 0.05) is 29.7 Å². The van der Waals surface area contributed by atoms with Gasteiger partial charge in [-0.3, -0.25) is 4.79 Å². The smallest absolute Gasteiger partial charge is 0.216 e. The maximum Gasteiger partial charge on any atom is 0.216 e. The minimum Gasteiger partial charge on any atom is -0.398 e. The van der Waals surface area contributed by atoms with Crippen molar-refractivity contribution in [2.45, 2.75) is 13.3 Å². The molecule has 1 amide bonds. The van der Waals surface area contributed by atoms with Gasteiger partial charge >= 0.3 is 0 Å². The van der Waals surface area contributed by atoms with E-state index in [2.05, 4.69) is 5.32 Å². The number of rotatable bonds is 4. The number of carbonyl (C=O) groups is 1. The first-order valence-electron chi connectivity index (χ1n) is 5.06. The number of nitrogens with one attached hydrogen (secondary N) is 1. The highest BCUT2D eigenvalue weighted by molar-refractivity contribution is 6.32. The van der Waals surface area contributed by atoms with Crippen LogP contribution in [0.2, 0.25) is 5.02 Å². The highest BCUT2D eigenvalue weighted by Crippen LogP contribution is 2.23. The Morgan fingerprint density at radius 2 is 2.31 bits per heavy atom. The quantitative estimate of drug-likeness (QED) is 0.625. The van der Waals surface area contributed by atoms with Gasteiger partial charge in [0.15, 0.2) is 0 Å². The van der Waals surface area contributed by atoms with Crippen LogP contribution in [0, 0.1) is 0 Å².